The third kappa shape index (κ3) is 4.67. The number of carbonyl (C=O) groups excluding carboxylic acids is 3. The molecule has 27 heavy (non-hydrogen) atoms. The zero-order valence-corrected chi connectivity index (χ0v) is 17.6. The first-order chi connectivity index (χ1) is 12.6. The number of benzene rings is 1. The van der Waals surface area contributed by atoms with Crippen molar-refractivity contribution in [1.82, 2.24) is 8.88 Å². The van der Waals surface area contributed by atoms with Crippen LogP contribution < -0.4 is 10.9 Å². The predicted molar refractivity (Wildman–Crippen MR) is 100 cm³/mol. The van der Waals surface area contributed by atoms with Crippen LogP contribution in [0.15, 0.2) is 16.9 Å². The van der Waals surface area contributed by atoms with Crippen LogP contribution >= 0.6 is 0 Å². The van der Waals surface area contributed by atoms with E-state index in [1.165, 1.54) is 17.8 Å². The van der Waals surface area contributed by atoms with Crippen molar-refractivity contribution >= 4 is 42.2 Å². The molecule has 1 aromatic heterocycles. The van der Waals surface area contributed by atoms with Gasteiger partial charge in [-0.25, -0.2) is 0 Å². The molecule has 0 unspecified atom stereocenters. The molecule has 0 spiro atoms. The molecule has 8 nitrogen and oxygen atoms in total. The number of hydrogen-bond acceptors (Lipinski definition) is 6. The second-order valence-corrected chi connectivity index (χ2v) is 9.08. The third-order valence-corrected chi connectivity index (χ3v) is 6.37. The summed E-state index contributed by atoms with van der Waals surface area (Å²) in [6.45, 7) is 5.49. The number of nitrogens with one attached hydrogen (secondary N) is 1. The van der Waals surface area contributed by atoms with Crippen molar-refractivity contribution in [2.24, 2.45) is 0 Å². The normalized spacial score (nSPS) is 11.3. The summed E-state index contributed by atoms with van der Waals surface area (Å²) in [6, 6.07) is 3.51. The molecule has 2 aromatic rings. The van der Waals surface area contributed by atoms with Gasteiger partial charge in [0.2, 0.25) is 0 Å². The monoisotopic (exact) mass is 442 g/mol. The standard InChI is InChI=1S/C18H22N2O6Se/c1-18(2,3)10-6-11(16(23)19-8-13(21)25-4)15-12(7-10)17(24)20(27-15)9-14(22)26-5/h6-7H,8-9H2,1-5H3,(H,19,23). The van der Waals surface area contributed by atoms with Crippen molar-refractivity contribution in [2.45, 2.75) is 32.7 Å². The van der Waals surface area contributed by atoms with Crippen molar-refractivity contribution in [3.8, 4) is 0 Å². The molecule has 1 heterocycles. The van der Waals surface area contributed by atoms with Crippen molar-refractivity contribution in [3.05, 3.63) is 33.6 Å². The van der Waals surface area contributed by atoms with Gasteiger partial charge in [-0.15, -0.1) is 0 Å². The number of rotatable bonds is 5. The summed E-state index contributed by atoms with van der Waals surface area (Å²) in [5, 5.41) is 2.93. The van der Waals surface area contributed by atoms with E-state index in [1.807, 2.05) is 20.8 Å². The summed E-state index contributed by atoms with van der Waals surface area (Å²) in [4.78, 5) is 48.3. The first-order valence-corrected chi connectivity index (χ1v) is 9.81. The molecule has 0 aliphatic rings. The molecule has 2 rings (SSSR count). The van der Waals surface area contributed by atoms with Gasteiger partial charge >= 0.3 is 162 Å². The molecule has 0 fully saturated rings. The molecule has 146 valence electrons. The second-order valence-electron chi connectivity index (χ2n) is 6.92. The van der Waals surface area contributed by atoms with E-state index in [2.05, 4.69) is 14.8 Å². The molecule has 0 radical (unpaired) electrons. The number of fused-ring (bicyclic) bond motifs is 1. The van der Waals surface area contributed by atoms with E-state index in [4.69, 9.17) is 0 Å². The number of methoxy groups -OCH3 is 2. The van der Waals surface area contributed by atoms with Crippen LogP contribution in [0.4, 0.5) is 0 Å². The Labute approximate surface area is 162 Å². The Balaban J connectivity index is 2.60. The van der Waals surface area contributed by atoms with Crippen LogP contribution in [0, 0.1) is 0 Å². The van der Waals surface area contributed by atoms with E-state index in [0.29, 0.717) is 15.2 Å². The van der Waals surface area contributed by atoms with Gasteiger partial charge in [0.25, 0.3) is 0 Å². The predicted octanol–water partition coefficient (Wildman–Crippen LogP) is 0.432. The number of ether oxygens (including phenoxy) is 2. The van der Waals surface area contributed by atoms with Gasteiger partial charge in [-0.3, -0.25) is 0 Å². The summed E-state index contributed by atoms with van der Waals surface area (Å²) in [5.41, 5.74) is 0.550. The topological polar surface area (TPSA) is 104 Å². The number of amides is 1. The Morgan fingerprint density at radius 2 is 1.74 bits per heavy atom. The van der Waals surface area contributed by atoms with Crippen molar-refractivity contribution < 1.29 is 23.9 Å². The Hall–Kier alpha value is -2.38. The maximum atomic E-state index is 12.7. The molecule has 9 heteroatoms. The van der Waals surface area contributed by atoms with Crippen LogP contribution in [0.2, 0.25) is 0 Å². The van der Waals surface area contributed by atoms with Crippen LogP contribution in [0.5, 0.6) is 0 Å². The van der Waals surface area contributed by atoms with Crippen LogP contribution in [0.3, 0.4) is 0 Å². The fourth-order valence-electron chi connectivity index (χ4n) is 2.38. The fourth-order valence-corrected chi connectivity index (χ4v) is 4.62. The van der Waals surface area contributed by atoms with Crippen molar-refractivity contribution in [2.75, 3.05) is 20.8 Å². The Morgan fingerprint density at radius 1 is 1.11 bits per heavy atom. The fraction of sp³-hybridized carbons (Fsp3) is 0.444. The van der Waals surface area contributed by atoms with Crippen molar-refractivity contribution in [3.63, 3.8) is 0 Å². The first-order valence-electron chi connectivity index (χ1n) is 8.18. The maximum absolute atomic E-state index is 12.7. The van der Waals surface area contributed by atoms with Crippen LogP contribution in [0.1, 0.15) is 36.7 Å². The minimum absolute atomic E-state index is 0.169. The average Bonchev–Trinajstić information content (AvgIpc) is 2.93. The van der Waals surface area contributed by atoms with Gasteiger partial charge in [-0.1, -0.05) is 0 Å². The summed E-state index contributed by atoms with van der Waals surface area (Å²) in [6.07, 6.45) is 0. The van der Waals surface area contributed by atoms with Crippen LogP contribution in [0.25, 0.3) is 9.65 Å². The number of hydrogen-bond donors (Lipinski definition) is 1. The molecule has 0 saturated heterocycles. The summed E-state index contributed by atoms with van der Waals surface area (Å²) in [7, 11) is 2.49. The van der Waals surface area contributed by atoms with Gasteiger partial charge < -0.3 is 0 Å². The first kappa shape index (κ1) is 20.9. The van der Waals surface area contributed by atoms with E-state index in [0.717, 1.165) is 5.56 Å². The Bertz CT molecular complexity index is 951. The number of carbonyl (C=O) groups is 3. The van der Waals surface area contributed by atoms with E-state index in [1.54, 1.807) is 12.1 Å². The van der Waals surface area contributed by atoms with Gasteiger partial charge in [0.15, 0.2) is 0 Å². The summed E-state index contributed by atoms with van der Waals surface area (Å²) < 4.78 is 11.2. The molecule has 1 amide bonds. The summed E-state index contributed by atoms with van der Waals surface area (Å²) >= 11 is -0.547. The molecular formula is C18H22N2O6Se. The summed E-state index contributed by atoms with van der Waals surface area (Å²) in [5.74, 6) is -1.55. The molecule has 0 saturated carbocycles. The van der Waals surface area contributed by atoms with Crippen LogP contribution in [-0.4, -0.2) is 56.9 Å². The van der Waals surface area contributed by atoms with Gasteiger partial charge in [-0.05, 0) is 0 Å². The van der Waals surface area contributed by atoms with Crippen LogP contribution in [-0.2, 0) is 31.0 Å². The van der Waals surface area contributed by atoms with E-state index >= 15 is 0 Å². The molecule has 1 aromatic carbocycles. The molecule has 0 bridgehead atoms. The zero-order valence-electron chi connectivity index (χ0n) is 15.9. The van der Waals surface area contributed by atoms with Gasteiger partial charge in [0, 0.05) is 0 Å². The molecular weight excluding hydrogens is 419 g/mol. The number of aromatic nitrogens is 1. The number of esters is 2. The molecule has 0 aliphatic heterocycles. The van der Waals surface area contributed by atoms with E-state index < -0.39 is 32.6 Å². The molecule has 1 N–H and O–H groups in total. The van der Waals surface area contributed by atoms with Gasteiger partial charge in [-0.2, -0.15) is 0 Å². The van der Waals surface area contributed by atoms with Gasteiger partial charge in [0.05, 0.1) is 0 Å². The quantitative estimate of drug-likeness (QED) is 0.533. The zero-order chi connectivity index (χ0) is 20.4. The third-order valence-electron chi connectivity index (χ3n) is 3.98. The van der Waals surface area contributed by atoms with Gasteiger partial charge in [0.1, 0.15) is 0 Å². The van der Waals surface area contributed by atoms with E-state index in [9.17, 15) is 19.2 Å². The number of nitrogens with zero attached hydrogens (tertiary/aromatic N) is 1. The Morgan fingerprint density at radius 3 is 2.30 bits per heavy atom. The molecule has 0 aliphatic carbocycles. The molecule has 0 atom stereocenters. The minimum atomic E-state index is -0.569. The van der Waals surface area contributed by atoms with E-state index in [-0.39, 0.29) is 24.1 Å². The Kier molecular flexibility index (Phi) is 6.28. The van der Waals surface area contributed by atoms with Crippen molar-refractivity contribution in [1.29, 1.82) is 0 Å². The second kappa shape index (κ2) is 8.10. The average molecular weight is 441 g/mol. The SMILES string of the molecule is COC(=O)CNC(=O)c1cc(C(C)(C)C)cc2c(=O)n(CC(=O)OC)[se]c12.